The summed E-state index contributed by atoms with van der Waals surface area (Å²) in [7, 11) is 0. The van der Waals surface area contributed by atoms with Crippen LogP contribution in [0.4, 0.5) is 0 Å². The van der Waals surface area contributed by atoms with Crippen molar-refractivity contribution < 1.29 is 0 Å². The highest BCUT2D eigenvalue weighted by Crippen LogP contribution is 2.37. The van der Waals surface area contributed by atoms with E-state index >= 15 is 0 Å². The summed E-state index contributed by atoms with van der Waals surface area (Å²) in [6, 6.07) is 11.6. The first kappa shape index (κ1) is 12.7. The summed E-state index contributed by atoms with van der Waals surface area (Å²) in [5.41, 5.74) is 4.40. The van der Waals surface area contributed by atoms with Crippen molar-refractivity contribution in [3.8, 4) is 0 Å². The average molecular weight is 268 g/mol. The van der Waals surface area contributed by atoms with E-state index in [4.69, 9.17) is 0 Å². The molecule has 0 N–H and O–H groups in total. The van der Waals surface area contributed by atoms with Gasteiger partial charge in [0.2, 0.25) is 0 Å². The van der Waals surface area contributed by atoms with E-state index in [1.165, 1.54) is 36.9 Å². The third-order valence-corrected chi connectivity index (χ3v) is 5.07. The number of thiophene rings is 1. The van der Waals surface area contributed by atoms with Crippen LogP contribution in [0.2, 0.25) is 0 Å². The Bertz CT molecular complexity index is 770. The van der Waals surface area contributed by atoms with Crippen LogP contribution >= 0.6 is 11.3 Å². The van der Waals surface area contributed by atoms with Crippen molar-refractivity contribution in [1.82, 2.24) is 0 Å². The normalized spacial score (nSPS) is 12.5. The minimum Gasteiger partial charge on any atom is -0.135 e. The molecule has 0 fully saturated rings. The molecule has 98 valence electrons. The van der Waals surface area contributed by atoms with Crippen LogP contribution in [0.3, 0.4) is 0 Å². The molecule has 0 spiro atoms. The zero-order chi connectivity index (χ0) is 13.8. The summed E-state index contributed by atoms with van der Waals surface area (Å²) >= 11 is 1.91. The van der Waals surface area contributed by atoms with Crippen molar-refractivity contribution in [3.05, 3.63) is 47.0 Å². The smallest absolute Gasteiger partial charge is 0.0358 e. The highest BCUT2D eigenvalue weighted by atomic mass is 32.1. The molecule has 0 saturated heterocycles. The van der Waals surface area contributed by atoms with Crippen LogP contribution in [-0.2, 0) is 5.41 Å². The van der Waals surface area contributed by atoms with Crippen molar-refractivity contribution >= 4 is 31.5 Å². The lowest BCUT2D eigenvalue weighted by molar-refractivity contribution is 0.591. The zero-order valence-corrected chi connectivity index (χ0v) is 13.1. The monoisotopic (exact) mass is 268 g/mol. The van der Waals surface area contributed by atoms with E-state index in [9.17, 15) is 0 Å². The van der Waals surface area contributed by atoms with Gasteiger partial charge >= 0.3 is 0 Å². The first-order valence-electron chi connectivity index (χ1n) is 6.80. The van der Waals surface area contributed by atoms with Crippen molar-refractivity contribution in [2.45, 2.75) is 40.0 Å². The summed E-state index contributed by atoms with van der Waals surface area (Å²) < 4.78 is 2.82. The van der Waals surface area contributed by atoms with Crippen molar-refractivity contribution in [3.63, 3.8) is 0 Å². The van der Waals surface area contributed by atoms with Gasteiger partial charge in [0.15, 0.2) is 0 Å². The molecule has 2 aromatic carbocycles. The SMILES string of the molecule is Cc1cc2sc3cc(C(C)(C)C)ccc3c2cc1C. The lowest BCUT2D eigenvalue weighted by Gasteiger charge is -2.18. The molecule has 0 radical (unpaired) electrons. The molecule has 1 aromatic heterocycles. The van der Waals surface area contributed by atoms with Gasteiger partial charge in [0.05, 0.1) is 0 Å². The maximum atomic E-state index is 2.37. The van der Waals surface area contributed by atoms with Gasteiger partial charge in [-0.1, -0.05) is 32.9 Å². The third kappa shape index (κ3) is 2.06. The summed E-state index contributed by atoms with van der Waals surface area (Å²) in [5.74, 6) is 0. The quantitative estimate of drug-likeness (QED) is 0.471. The Kier molecular flexibility index (Phi) is 2.72. The average Bonchev–Trinajstić information content (AvgIpc) is 2.65. The van der Waals surface area contributed by atoms with Crippen molar-refractivity contribution in [2.75, 3.05) is 0 Å². The molecule has 3 rings (SSSR count). The summed E-state index contributed by atoms with van der Waals surface area (Å²) in [5, 5.41) is 2.81. The van der Waals surface area contributed by atoms with Crippen LogP contribution in [0, 0.1) is 13.8 Å². The zero-order valence-electron chi connectivity index (χ0n) is 12.3. The minimum atomic E-state index is 0.218. The second kappa shape index (κ2) is 4.08. The predicted octanol–water partition coefficient (Wildman–Crippen LogP) is 5.97. The van der Waals surface area contributed by atoms with E-state index in [1.807, 2.05) is 11.3 Å². The van der Waals surface area contributed by atoms with Gasteiger partial charge in [0.1, 0.15) is 0 Å². The molecule has 1 heterocycles. The predicted molar refractivity (Wildman–Crippen MR) is 87.5 cm³/mol. The summed E-state index contributed by atoms with van der Waals surface area (Å²) in [6.07, 6.45) is 0. The fourth-order valence-corrected chi connectivity index (χ4v) is 3.72. The number of hydrogen-bond acceptors (Lipinski definition) is 1. The fourth-order valence-electron chi connectivity index (χ4n) is 2.50. The first-order chi connectivity index (χ1) is 8.86. The summed E-state index contributed by atoms with van der Waals surface area (Å²) in [6.45, 7) is 11.2. The minimum absolute atomic E-state index is 0.218. The molecule has 0 saturated carbocycles. The molecule has 0 bridgehead atoms. The van der Waals surface area contributed by atoms with Gasteiger partial charge in [-0.2, -0.15) is 0 Å². The Morgan fingerprint density at radius 2 is 1.42 bits per heavy atom. The Labute approximate surface area is 119 Å². The molecular formula is C18H20S. The molecule has 0 unspecified atom stereocenters. The Hall–Kier alpha value is -1.34. The fraction of sp³-hybridized carbons (Fsp3) is 0.333. The Morgan fingerprint density at radius 3 is 2.11 bits per heavy atom. The topological polar surface area (TPSA) is 0 Å². The van der Waals surface area contributed by atoms with E-state index in [1.54, 1.807) is 0 Å². The van der Waals surface area contributed by atoms with Crippen LogP contribution in [0.25, 0.3) is 20.2 Å². The maximum absolute atomic E-state index is 2.37. The largest absolute Gasteiger partial charge is 0.135 e. The van der Waals surface area contributed by atoms with Gasteiger partial charge in [-0.25, -0.2) is 0 Å². The molecule has 0 aliphatic heterocycles. The second-order valence-corrected chi connectivity index (χ2v) is 7.58. The van der Waals surface area contributed by atoms with Crippen LogP contribution in [0.15, 0.2) is 30.3 Å². The van der Waals surface area contributed by atoms with Crippen LogP contribution < -0.4 is 0 Å². The maximum Gasteiger partial charge on any atom is 0.0358 e. The van der Waals surface area contributed by atoms with Gasteiger partial charge in [0, 0.05) is 20.2 Å². The van der Waals surface area contributed by atoms with Gasteiger partial charge in [-0.3, -0.25) is 0 Å². The van der Waals surface area contributed by atoms with Crippen LogP contribution in [0.5, 0.6) is 0 Å². The molecule has 1 heteroatoms. The molecule has 3 aromatic rings. The Balaban J connectivity index is 2.34. The van der Waals surface area contributed by atoms with Gasteiger partial charge in [-0.05, 0) is 54.2 Å². The Morgan fingerprint density at radius 1 is 0.789 bits per heavy atom. The lowest BCUT2D eigenvalue weighted by Crippen LogP contribution is -2.10. The number of benzene rings is 2. The molecule has 19 heavy (non-hydrogen) atoms. The van der Waals surface area contributed by atoms with E-state index < -0.39 is 0 Å². The van der Waals surface area contributed by atoms with Gasteiger partial charge < -0.3 is 0 Å². The highest BCUT2D eigenvalue weighted by molar-refractivity contribution is 7.25. The van der Waals surface area contributed by atoms with E-state index in [2.05, 4.69) is 65.0 Å². The number of aryl methyl sites for hydroxylation is 2. The van der Waals surface area contributed by atoms with E-state index in [0.29, 0.717) is 0 Å². The van der Waals surface area contributed by atoms with Gasteiger partial charge in [-0.15, -0.1) is 11.3 Å². The highest BCUT2D eigenvalue weighted by Gasteiger charge is 2.15. The molecule has 0 aliphatic rings. The van der Waals surface area contributed by atoms with Crippen molar-refractivity contribution in [2.24, 2.45) is 0 Å². The van der Waals surface area contributed by atoms with Crippen LogP contribution in [-0.4, -0.2) is 0 Å². The standard InChI is InChI=1S/C18H20S/c1-11-8-15-14-7-6-13(18(3,4)5)10-17(14)19-16(15)9-12(11)2/h6-10H,1-5H3. The first-order valence-corrected chi connectivity index (χ1v) is 7.62. The molecular weight excluding hydrogens is 248 g/mol. The molecule has 0 aliphatic carbocycles. The lowest BCUT2D eigenvalue weighted by atomic mass is 9.87. The summed E-state index contributed by atoms with van der Waals surface area (Å²) in [4.78, 5) is 0. The molecule has 0 atom stereocenters. The van der Waals surface area contributed by atoms with E-state index in [0.717, 1.165) is 0 Å². The third-order valence-electron chi connectivity index (χ3n) is 3.95. The number of rotatable bonds is 0. The van der Waals surface area contributed by atoms with Gasteiger partial charge in [0.25, 0.3) is 0 Å². The van der Waals surface area contributed by atoms with Crippen LogP contribution in [0.1, 0.15) is 37.5 Å². The van der Waals surface area contributed by atoms with Crippen molar-refractivity contribution in [1.29, 1.82) is 0 Å². The number of fused-ring (bicyclic) bond motifs is 3. The number of hydrogen-bond donors (Lipinski definition) is 0. The molecule has 0 nitrogen and oxygen atoms in total. The second-order valence-electron chi connectivity index (χ2n) is 6.50. The molecule has 0 amide bonds. The van der Waals surface area contributed by atoms with E-state index in [-0.39, 0.29) is 5.41 Å².